The zero-order chi connectivity index (χ0) is 26.1. The van der Waals surface area contributed by atoms with Crippen molar-refractivity contribution in [3.63, 3.8) is 0 Å². The van der Waals surface area contributed by atoms with Crippen LogP contribution in [-0.4, -0.2) is 35.3 Å². The predicted molar refractivity (Wildman–Crippen MR) is 142 cm³/mol. The minimum absolute atomic E-state index is 0.226. The fraction of sp³-hybridized carbons (Fsp3) is 0.310. The molecule has 37 heavy (non-hydrogen) atoms. The molecule has 2 atom stereocenters. The van der Waals surface area contributed by atoms with Crippen molar-refractivity contribution in [1.29, 1.82) is 0 Å². The van der Waals surface area contributed by atoms with Crippen molar-refractivity contribution < 1.29 is 23.7 Å². The second kappa shape index (κ2) is 10.0. The van der Waals surface area contributed by atoms with E-state index in [0.717, 1.165) is 50.6 Å². The van der Waals surface area contributed by atoms with Crippen molar-refractivity contribution in [3.8, 4) is 23.2 Å². The second-order valence-corrected chi connectivity index (χ2v) is 9.04. The highest BCUT2D eigenvalue weighted by Gasteiger charge is 2.33. The number of hydrogen-bond acceptors (Lipinski definition) is 7. The number of rotatable bonds is 8. The van der Waals surface area contributed by atoms with Crippen LogP contribution < -0.4 is 19.5 Å². The van der Waals surface area contributed by atoms with Gasteiger partial charge in [-0.25, -0.2) is 0 Å². The summed E-state index contributed by atoms with van der Waals surface area (Å²) in [5, 5.41) is 3.51. The van der Waals surface area contributed by atoms with Gasteiger partial charge in [-0.2, -0.15) is 4.98 Å². The van der Waals surface area contributed by atoms with Crippen molar-refractivity contribution in [2.45, 2.75) is 46.4 Å². The van der Waals surface area contributed by atoms with Crippen LogP contribution in [0, 0.1) is 6.92 Å². The van der Waals surface area contributed by atoms with E-state index in [1.54, 1.807) is 7.11 Å². The Bertz CT molecular complexity index is 1460. The summed E-state index contributed by atoms with van der Waals surface area (Å²) in [7, 11) is 1.66. The van der Waals surface area contributed by atoms with E-state index in [-0.39, 0.29) is 18.2 Å². The molecule has 3 aromatic carbocycles. The van der Waals surface area contributed by atoms with Gasteiger partial charge in [0.2, 0.25) is 0 Å². The zero-order valence-electron chi connectivity index (χ0n) is 21.7. The Labute approximate surface area is 216 Å². The third kappa shape index (κ3) is 4.67. The van der Waals surface area contributed by atoms with Gasteiger partial charge < -0.3 is 24.3 Å². The number of nitrogens with one attached hydrogen (secondary N) is 1. The molecule has 8 nitrogen and oxygen atoms in total. The Morgan fingerprint density at radius 1 is 1.16 bits per heavy atom. The van der Waals surface area contributed by atoms with Crippen molar-refractivity contribution in [1.82, 2.24) is 9.55 Å². The summed E-state index contributed by atoms with van der Waals surface area (Å²) in [4.78, 5) is 16.2. The number of nitrogens with zero attached hydrogens (tertiary/aromatic N) is 2. The smallest absolute Gasteiger partial charge is 0.303 e. The largest absolute Gasteiger partial charge is 0.497 e. The number of methoxy groups -OCH3 is 1. The average molecular weight is 502 g/mol. The zero-order valence-corrected chi connectivity index (χ0v) is 21.7. The number of esters is 1. The van der Waals surface area contributed by atoms with Crippen molar-refractivity contribution in [3.05, 3.63) is 71.3 Å². The van der Waals surface area contributed by atoms with Crippen molar-refractivity contribution in [2.24, 2.45) is 0 Å². The molecule has 5 rings (SSSR count). The number of carbonyl (C=O) groups excluding carboxylic acids is 1. The van der Waals surface area contributed by atoms with Crippen LogP contribution in [0.4, 0.5) is 5.69 Å². The van der Waals surface area contributed by atoms with Crippen LogP contribution in [0.3, 0.4) is 0 Å². The van der Waals surface area contributed by atoms with E-state index >= 15 is 0 Å². The SMILES string of the molecule is CCOc1nc2ccc(OC)cc2n1-c1cccc(CNc2ccc3c(c2)OC(C)[C@H]3OC(C)=O)c1C. The lowest BCUT2D eigenvalue weighted by molar-refractivity contribution is -0.149. The fourth-order valence-corrected chi connectivity index (χ4v) is 4.75. The first-order valence-electron chi connectivity index (χ1n) is 12.4. The van der Waals surface area contributed by atoms with E-state index in [9.17, 15) is 4.79 Å². The molecule has 2 heterocycles. The highest BCUT2D eigenvalue weighted by atomic mass is 16.6. The molecule has 0 saturated carbocycles. The summed E-state index contributed by atoms with van der Waals surface area (Å²) < 4.78 is 24.8. The molecule has 4 aromatic rings. The first kappa shape index (κ1) is 24.5. The molecule has 192 valence electrons. The summed E-state index contributed by atoms with van der Waals surface area (Å²) in [5.41, 5.74) is 6.81. The standard InChI is InChI=1S/C29H31N3O5/c1-6-35-29-31-24-13-11-22(34-5)15-26(24)32(29)25-9-7-8-20(17(25)2)16-30-21-10-12-23-27(14-21)36-18(3)28(23)37-19(4)33/h7-15,18,28,30H,6,16H2,1-5H3/t18?,28-/m1/s1. The number of imidazole rings is 1. The fourth-order valence-electron chi connectivity index (χ4n) is 4.75. The number of aromatic nitrogens is 2. The molecule has 0 amide bonds. The topological polar surface area (TPSA) is 83.8 Å². The first-order chi connectivity index (χ1) is 17.9. The van der Waals surface area contributed by atoms with E-state index < -0.39 is 0 Å². The molecule has 0 spiro atoms. The second-order valence-electron chi connectivity index (χ2n) is 9.04. The van der Waals surface area contributed by atoms with Crippen LogP contribution in [0.15, 0.2) is 54.6 Å². The predicted octanol–water partition coefficient (Wildman–Crippen LogP) is 5.74. The number of carbonyl (C=O) groups is 1. The van der Waals surface area contributed by atoms with Crippen LogP contribution in [-0.2, 0) is 16.1 Å². The van der Waals surface area contributed by atoms with Crippen molar-refractivity contribution in [2.75, 3.05) is 19.0 Å². The van der Waals surface area contributed by atoms with Crippen LogP contribution >= 0.6 is 0 Å². The number of benzene rings is 3. The Balaban J connectivity index is 1.43. The Hall–Kier alpha value is -4.20. The molecule has 1 aliphatic heterocycles. The number of anilines is 1. The van der Waals surface area contributed by atoms with Crippen LogP contribution in [0.5, 0.6) is 17.5 Å². The maximum Gasteiger partial charge on any atom is 0.303 e. The Morgan fingerprint density at radius 3 is 2.76 bits per heavy atom. The van der Waals surface area contributed by atoms with Crippen LogP contribution in [0.25, 0.3) is 16.7 Å². The molecule has 1 unspecified atom stereocenters. The van der Waals surface area contributed by atoms with Gasteiger partial charge in [-0.05, 0) is 62.2 Å². The monoisotopic (exact) mass is 501 g/mol. The lowest BCUT2D eigenvalue weighted by atomic mass is 10.1. The van der Waals surface area contributed by atoms with E-state index in [2.05, 4.69) is 24.4 Å². The van der Waals surface area contributed by atoms with Gasteiger partial charge in [0.25, 0.3) is 0 Å². The summed E-state index contributed by atoms with van der Waals surface area (Å²) >= 11 is 0. The van der Waals surface area contributed by atoms with Gasteiger partial charge >= 0.3 is 12.0 Å². The molecule has 1 aromatic heterocycles. The molecular weight excluding hydrogens is 470 g/mol. The minimum atomic E-state index is -0.386. The van der Waals surface area contributed by atoms with E-state index in [1.807, 2.05) is 60.9 Å². The van der Waals surface area contributed by atoms with Gasteiger partial charge in [-0.3, -0.25) is 9.36 Å². The molecule has 0 aliphatic carbocycles. The number of ether oxygens (including phenoxy) is 4. The normalized spacial score (nSPS) is 16.2. The van der Waals surface area contributed by atoms with Gasteiger partial charge in [0, 0.05) is 36.9 Å². The summed E-state index contributed by atoms with van der Waals surface area (Å²) in [6.45, 7) is 8.50. The van der Waals surface area contributed by atoms with Gasteiger partial charge in [0.05, 0.1) is 30.4 Å². The number of hydrogen-bond donors (Lipinski definition) is 1. The molecule has 1 aliphatic rings. The number of fused-ring (bicyclic) bond motifs is 2. The summed E-state index contributed by atoms with van der Waals surface area (Å²) in [6.07, 6.45) is -0.611. The maximum atomic E-state index is 11.5. The molecule has 0 saturated heterocycles. The third-order valence-electron chi connectivity index (χ3n) is 6.60. The average Bonchev–Trinajstić information content (AvgIpc) is 3.39. The van der Waals surface area contributed by atoms with Gasteiger partial charge in [0.15, 0.2) is 6.10 Å². The van der Waals surface area contributed by atoms with Gasteiger partial charge in [0.1, 0.15) is 17.6 Å². The molecule has 0 bridgehead atoms. The van der Waals surface area contributed by atoms with Crippen LogP contribution in [0.1, 0.15) is 43.6 Å². The van der Waals surface area contributed by atoms with Gasteiger partial charge in [-0.1, -0.05) is 12.1 Å². The Morgan fingerprint density at radius 2 is 2.00 bits per heavy atom. The summed E-state index contributed by atoms with van der Waals surface area (Å²) in [5.74, 6) is 1.17. The molecule has 0 fully saturated rings. The van der Waals surface area contributed by atoms with Crippen molar-refractivity contribution >= 4 is 22.7 Å². The quantitative estimate of drug-likeness (QED) is 0.308. The molecule has 0 radical (unpaired) electrons. The van der Waals surface area contributed by atoms with E-state index in [0.29, 0.717) is 19.2 Å². The van der Waals surface area contributed by atoms with E-state index in [4.69, 9.17) is 23.9 Å². The first-order valence-corrected chi connectivity index (χ1v) is 12.4. The lowest BCUT2D eigenvalue weighted by Crippen LogP contribution is -2.18. The molecular formula is C29H31N3O5. The van der Waals surface area contributed by atoms with Crippen LogP contribution in [0.2, 0.25) is 0 Å². The molecule has 8 heteroatoms. The summed E-state index contributed by atoms with van der Waals surface area (Å²) in [6, 6.07) is 18.5. The van der Waals surface area contributed by atoms with E-state index in [1.165, 1.54) is 6.92 Å². The third-order valence-corrected chi connectivity index (χ3v) is 6.60. The highest BCUT2D eigenvalue weighted by molar-refractivity contribution is 5.81. The minimum Gasteiger partial charge on any atom is -0.497 e. The highest BCUT2D eigenvalue weighted by Crippen LogP contribution is 2.40. The molecule has 1 N–H and O–H groups in total. The lowest BCUT2D eigenvalue weighted by Gasteiger charge is -2.16. The Kier molecular flexibility index (Phi) is 6.65. The van der Waals surface area contributed by atoms with Gasteiger partial charge in [-0.15, -0.1) is 0 Å². The maximum absolute atomic E-state index is 11.5.